The molecule has 3 heteroatoms. The molecule has 0 amide bonds. The fraction of sp³-hybridized carbons (Fsp3) is 0.538. The van der Waals surface area contributed by atoms with Gasteiger partial charge in [0.2, 0.25) is 0 Å². The summed E-state index contributed by atoms with van der Waals surface area (Å²) in [6, 6.07) is 4.91. The van der Waals surface area contributed by atoms with Gasteiger partial charge in [0.15, 0.2) is 0 Å². The van der Waals surface area contributed by atoms with Crippen LogP contribution in [0.2, 0.25) is 0 Å². The fourth-order valence-corrected chi connectivity index (χ4v) is 2.17. The summed E-state index contributed by atoms with van der Waals surface area (Å²) in [6.45, 7) is 6.44. The standard InChI is InChI=1S/C13H19BrFN/c1-3-6-16-9-10(2)7-11-4-5-12(15)8-13(11)14/h4-5,8,10,16H,3,6-7,9H2,1-2H3. The van der Waals surface area contributed by atoms with Crippen molar-refractivity contribution in [2.45, 2.75) is 26.7 Å². The maximum atomic E-state index is 12.9. The van der Waals surface area contributed by atoms with Crippen molar-refractivity contribution in [2.75, 3.05) is 13.1 Å². The average molecular weight is 288 g/mol. The molecule has 0 aliphatic rings. The zero-order chi connectivity index (χ0) is 12.0. The molecule has 1 nitrogen and oxygen atoms in total. The summed E-state index contributed by atoms with van der Waals surface area (Å²) in [5.41, 5.74) is 1.17. The van der Waals surface area contributed by atoms with Gasteiger partial charge in [-0.05, 0) is 49.5 Å². The molecule has 0 aliphatic heterocycles. The van der Waals surface area contributed by atoms with Gasteiger partial charge in [-0.3, -0.25) is 0 Å². The molecule has 1 N–H and O–H groups in total. The van der Waals surface area contributed by atoms with Gasteiger partial charge in [0.25, 0.3) is 0 Å². The van der Waals surface area contributed by atoms with Crippen LogP contribution >= 0.6 is 15.9 Å². The molecule has 1 aromatic carbocycles. The van der Waals surface area contributed by atoms with Crippen molar-refractivity contribution in [3.8, 4) is 0 Å². The number of halogens is 2. The fourth-order valence-electron chi connectivity index (χ4n) is 1.66. The van der Waals surface area contributed by atoms with Crippen LogP contribution in [0.25, 0.3) is 0 Å². The van der Waals surface area contributed by atoms with Crippen LogP contribution in [0.4, 0.5) is 4.39 Å². The molecular weight excluding hydrogens is 269 g/mol. The quantitative estimate of drug-likeness (QED) is 0.786. The summed E-state index contributed by atoms with van der Waals surface area (Å²) in [5.74, 6) is 0.376. The number of hydrogen-bond acceptors (Lipinski definition) is 1. The predicted octanol–water partition coefficient (Wildman–Crippen LogP) is 3.77. The molecule has 0 heterocycles. The van der Waals surface area contributed by atoms with Crippen molar-refractivity contribution in [1.29, 1.82) is 0 Å². The Hall–Kier alpha value is -0.410. The van der Waals surface area contributed by atoms with Gasteiger partial charge in [0.05, 0.1) is 0 Å². The normalized spacial score (nSPS) is 12.8. The molecule has 0 spiro atoms. The first-order valence-corrected chi connectivity index (χ1v) is 6.57. The third kappa shape index (κ3) is 4.62. The first-order valence-electron chi connectivity index (χ1n) is 5.78. The van der Waals surface area contributed by atoms with Gasteiger partial charge in [-0.1, -0.05) is 35.8 Å². The summed E-state index contributed by atoms with van der Waals surface area (Å²) < 4.78 is 13.8. The van der Waals surface area contributed by atoms with E-state index >= 15 is 0 Å². The van der Waals surface area contributed by atoms with E-state index < -0.39 is 0 Å². The van der Waals surface area contributed by atoms with E-state index in [1.807, 2.05) is 6.07 Å². The summed E-state index contributed by atoms with van der Waals surface area (Å²) in [5, 5.41) is 3.40. The van der Waals surface area contributed by atoms with E-state index in [4.69, 9.17) is 0 Å². The van der Waals surface area contributed by atoms with E-state index in [2.05, 4.69) is 35.1 Å². The third-order valence-electron chi connectivity index (χ3n) is 2.50. The number of nitrogens with one attached hydrogen (secondary N) is 1. The molecule has 0 bridgehead atoms. The Morgan fingerprint density at radius 3 is 2.81 bits per heavy atom. The highest BCUT2D eigenvalue weighted by atomic mass is 79.9. The van der Waals surface area contributed by atoms with Crippen LogP contribution < -0.4 is 5.32 Å². The van der Waals surface area contributed by atoms with Crippen molar-refractivity contribution >= 4 is 15.9 Å². The van der Waals surface area contributed by atoms with Crippen LogP contribution in [-0.2, 0) is 6.42 Å². The van der Waals surface area contributed by atoms with Crippen LogP contribution in [-0.4, -0.2) is 13.1 Å². The molecule has 0 saturated heterocycles. The van der Waals surface area contributed by atoms with Crippen molar-refractivity contribution in [1.82, 2.24) is 5.32 Å². The Balaban J connectivity index is 2.46. The van der Waals surface area contributed by atoms with E-state index in [1.165, 1.54) is 17.7 Å². The van der Waals surface area contributed by atoms with Crippen LogP contribution in [0.3, 0.4) is 0 Å². The molecule has 90 valence electrons. The summed E-state index contributed by atoms with van der Waals surface area (Å²) >= 11 is 3.40. The van der Waals surface area contributed by atoms with Crippen molar-refractivity contribution in [3.05, 3.63) is 34.1 Å². The third-order valence-corrected chi connectivity index (χ3v) is 3.24. The molecule has 1 atom stereocenters. The lowest BCUT2D eigenvalue weighted by Gasteiger charge is -2.13. The number of hydrogen-bond donors (Lipinski definition) is 1. The maximum absolute atomic E-state index is 12.9. The average Bonchev–Trinajstić information content (AvgIpc) is 2.23. The first kappa shape index (κ1) is 13.7. The molecule has 0 aromatic heterocycles. The highest BCUT2D eigenvalue weighted by Gasteiger charge is 2.07. The molecule has 1 rings (SSSR count). The van der Waals surface area contributed by atoms with Crippen molar-refractivity contribution in [2.24, 2.45) is 5.92 Å². The lowest BCUT2D eigenvalue weighted by molar-refractivity contribution is 0.509. The topological polar surface area (TPSA) is 12.0 Å². The Morgan fingerprint density at radius 1 is 1.44 bits per heavy atom. The second-order valence-corrected chi connectivity index (χ2v) is 5.10. The van der Waals surface area contributed by atoms with Gasteiger partial charge >= 0.3 is 0 Å². The summed E-state index contributed by atoms with van der Waals surface area (Å²) in [6.07, 6.45) is 2.13. The summed E-state index contributed by atoms with van der Waals surface area (Å²) in [4.78, 5) is 0. The highest BCUT2D eigenvalue weighted by molar-refractivity contribution is 9.10. The smallest absolute Gasteiger partial charge is 0.124 e. The second-order valence-electron chi connectivity index (χ2n) is 4.25. The summed E-state index contributed by atoms with van der Waals surface area (Å²) in [7, 11) is 0. The molecule has 16 heavy (non-hydrogen) atoms. The van der Waals surface area contributed by atoms with Gasteiger partial charge in [-0.2, -0.15) is 0 Å². The lowest BCUT2D eigenvalue weighted by atomic mass is 10.0. The monoisotopic (exact) mass is 287 g/mol. The van der Waals surface area contributed by atoms with Crippen LogP contribution in [0.1, 0.15) is 25.8 Å². The van der Waals surface area contributed by atoms with Gasteiger partial charge in [0.1, 0.15) is 5.82 Å². The highest BCUT2D eigenvalue weighted by Crippen LogP contribution is 2.20. The van der Waals surface area contributed by atoms with Crippen LogP contribution in [0.15, 0.2) is 22.7 Å². The molecular formula is C13H19BrFN. The maximum Gasteiger partial charge on any atom is 0.124 e. The molecule has 1 aromatic rings. The van der Waals surface area contributed by atoms with Gasteiger partial charge in [-0.15, -0.1) is 0 Å². The number of benzene rings is 1. The minimum Gasteiger partial charge on any atom is -0.316 e. The molecule has 0 radical (unpaired) electrons. The Labute approximate surface area is 106 Å². The van der Waals surface area contributed by atoms with E-state index in [0.29, 0.717) is 5.92 Å². The Kier molecular flexibility index (Phi) is 5.99. The molecule has 0 saturated carbocycles. The van der Waals surface area contributed by atoms with Crippen LogP contribution in [0, 0.1) is 11.7 Å². The molecule has 0 fully saturated rings. The van der Waals surface area contributed by atoms with E-state index in [0.717, 1.165) is 30.4 Å². The second kappa shape index (κ2) is 7.02. The van der Waals surface area contributed by atoms with Gasteiger partial charge in [-0.25, -0.2) is 4.39 Å². The minimum atomic E-state index is -0.188. The van der Waals surface area contributed by atoms with Crippen molar-refractivity contribution in [3.63, 3.8) is 0 Å². The lowest BCUT2D eigenvalue weighted by Crippen LogP contribution is -2.23. The van der Waals surface area contributed by atoms with E-state index in [-0.39, 0.29) is 5.82 Å². The Morgan fingerprint density at radius 2 is 2.19 bits per heavy atom. The van der Waals surface area contributed by atoms with Crippen LogP contribution in [0.5, 0.6) is 0 Å². The predicted molar refractivity (Wildman–Crippen MR) is 70.1 cm³/mol. The molecule has 1 unspecified atom stereocenters. The van der Waals surface area contributed by atoms with E-state index in [9.17, 15) is 4.39 Å². The zero-order valence-corrected chi connectivity index (χ0v) is 11.5. The minimum absolute atomic E-state index is 0.188. The first-order chi connectivity index (χ1) is 7.63. The zero-order valence-electron chi connectivity index (χ0n) is 9.89. The van der Waals surface area contributed by atoms with Gasteiger partial charge < -0.3 is 5.32 Å². The number of rotatable bonds is 6. The largest absolute Gasteiger partial charge is 0.316 e. The van der Waals surface area contributed by atoms with Crippen molar-refractivity contribution < 1.29 is 4.39 Å². The van der Waals surface area contributed by atoms with Gasteiger partial charge in [0, 0.05) is 4.47 Å². The van der Waals surface area contributed by atoms with E-state index in [1.54, 1.807) is 0 Å². The Bertz CT molecular complexity index is 328. The molecule has 0 aliphatic carbocycles. The SMILES string of the molecule is CCCNCC(C)Cc1ccc(F)cc1Br.